The second-order valence-corrected chi connectivity index (χ2v) is 4.94. The Morgan fingerprint density at radius 1 is 1.29 bits per heavy atom. The Morgan fingerprint density at radius 2 is 2.00 bits per heavy atom. The van der Waals surface area contributed by atoms with Crippen LogP contribution in [0.4, 0.5) is 11.5 Å². The van der Waals surface area contributed by atoms with Gasteiger partial charge >= 0.3 is 0 Å². The van der Waals surface area contributed by atoms with Gasteiger partial charge in [0.05, 0.1) is 5.69 Å². The number of hydrogen-bond acceptors (Lipinski definition) is 3. The molecule has 1 aromatic heterocycles. The van der Waals surface area contributed by atoms with Crippen LogP contribution in [-0.4, -0.2) is 17.6 Å². The maximum atomic E-state index is 6.07. The van der Waals surface area contributed by atoms with Crippen molar-refractivity contribution in [3.8, 4) is 0 Å². The number of hydrogen-bond donors (Lipinski definition) is 1. The quantitative estimate of drug-likeness (QED) is 0.872. The minimum absolute atomic E-state index is 0.630. The van der Waals surface area contributed by atoms with Gasteiger partial charge in [0.2, 0.25) is 0 Å². The van der Waals surface area contributed by atoms with Gasteiger partial charge in [-0.15, -0.1) is 0 Å². The van der Waals surface area contributed by atoms with Crippen molar-refractivity contribution in [1.29, 1.82) is 0 Å². The first-order chi connectivity index (χ1) is 8.22. The van der Waals surface area contributed by atoms with E-state index in [-0.39, 0.29) is 0 Å². The van der Waals surface area contributed by atoms with Crippen LogP contribution in [0.15, 0.2) is 12.1 Å². The molecule has 0 radical (unpaired) electrons. The van der Waals surface area contributed by atoms with Crippen molar-refractivity contribution in [2.24, 2.45) is 0 Å². The van der Waals surface area contributed by atoms with Crippen LogP contribution in [0.1, 0.15) is 44.7 Å². The van der Waals surface area contributed by atoms with Gasteiger partial charge in [0.15, 0.2) is 5.82 Å². The number of rotatable bonds is 3. The lowest BCUT2D eigenvalue weighted by Crippen LogP contribution is -2.37. The lowest BCUT2D eigenvalue weighted by atomic mass is 9.94. The smallest absolute Gasteiger partial charge is 0.152 e. The molecule has 0 aromatic carbocycles. The first-order valence-electron chi connectivity index (χ1n) is 6.72. The fourth-order valence-electron chi connectivity index (χ4n) is 2.76. The van der Waals surface area contributed by atoms with Crippen LogP contribution in [-0.2, 0) is 0 Å². The van der Waals surface area contributed by atoms with E-state index in [4.69, 9.17) is 5.73 Å². The monoisotopic (exact) mass is 233 g/mol. The van der Waals surface area contributed by atoms with Crippen molar-refractivity contribution in [2.75, 3.05) is 17.2 Å². The lowest BCUT2D eigenvalue weighted by Gasteiger charge is -2.35. The van der Waals surface area contributed by atoms with Gasteiger partial charge in [-0.1, -0.05) is 19.3 Å². The summed E-state index contributed by atoms with van der Waals surface area (Å²) in [4.78, 5) is 7.01. The van der Waals surface area contributed by atoms with Gasteiger partial charge in [-0.2, -0.15) is 0 Å². The zero-order valence-corrected chi connectivity index (χ0v) is 10.9. The van der Waals surface area contributed by atoms with E-state index < -0.39 is 0 Å². The van der Waals surface area contributed by atoms with Gasteiger partial charge in [0, 0.05) is 18.3 Å². The van der Waals surface area contributed by atoms with Gasteiger partial charge in [-0.25, -0.2) is 4.98 Å². The van der Waals surface area contributed by atoms with Crippen molar-refractivity contribution in [1.82, 2.24) is 4.98 Å². The van der Waals surface area contributed by atoms with E-state index in [1.54, 1.807) is 0 Å². The van der Waals surface area contributed by atoms with Crippen LogP contribution in [0, 0.1) is 6.92 Å². The normalized spacial score (nSPS) is 17.1. The second-order valence-electron chi connectivity index (χ2n) is 4.94. The maximum absolute atomic E-state index is 6.07. The van der Waals surface area contributed by atoms with Crippen molar-refractivity contribution in [2.45, 2.75) is 52.0 Å². The predicted molar refractivity (Wildman–Crippen MR) is 73.3 cm³/mol. The molecule has 0 saturated heterocycles. The Balaban J connectivity index is 2.24. The van der Waals surface area contributed by atoms with E-state index in [1.807, 2.05) is 19.1 Å². The van der Waals surface area contributed by atoms with E-state index in [0.29, 0.717) is 6.04 Å². The highest BCUT2D eigenvalue weighted by Gasteiger charge is 2.22. The summed E-state index contributed by atoms with van der Waals surface area (Å²) in [6, 6.07) is 4.59. The van der Waals surface area contributed by atoms with Gasteiger partial charge < -0.3 is 10.6 Å². The lowest BCUT2D eigenvalue weighted by molar-refractivity contribution is 0.416. The fraction of sp³-hybridized carbons (Fsp3) is 0.643. The average Bonchev–Trinajstić information content (AvgIpc) is 2.36. The summed E-state index contributed by atoms with van der Waals surface area (Å²) in [5, 5.41) is 0. The highest BCUT2D eigenvalue weighted by atomic mass is 15.2. The molecule has 0 amide bonds. The summed E-state index contributed by atoms with van der Waals surface area (Å²) in [6.45, 7) is 5.21. The second kappa shape index (κ2) is 5.39. The number of nitrogen functional groups attached to an aromatic ring is 1. The molecule has 1 aromatic rings. The standard InChI is InChI=1S/C14H23N3/c1-3-17(12-7-5-4-6-8-12)14-13(15)10-9-11(2)16-14/h9-10,12H,3-8,15H2,1-2H3. The molecule has 1 saturated carbocycles. The van der Waals surface area contributed by atoms with Crippen LogP contribution in [0.3, 0.4) is 0 Å². The van der Waals surface area contributed by atoms with Crippen molar-refractivity contribution in [3.05, 3.63) is 17.8 Å². The molecular weight excluding hydrogens is 210 g/mol. The molecule has 0 bridgehead atoms. The number of anilines is 2. The summed E-state index contributed by atoms with van der Waals surface area (Å²) >= 11 is 0. The molecule has 1 aliphatic carbocycles. The van der Waals surface area contributed by atoms with Crippen LogP contribution in [0.2, 0.25) is 0 Å². The molecule has 1 heterocycles. The van der Waals surface area contributed by atoms with Crippen LogP contribution >= 0.6 is 0 Å². The van der Waals surface area contributed by atoms with E-state index in [0.717, 1.165) is 23.7 Å². The molecule has 0 aliphatic heterocycles. The number of nitrogens with zero attached hydrogens (tertiary/aromatic N) is 2. The molecule has 1 aliphatic rings. The van der Waals surface area contributed by atoms with Crippen molar-refractivity contribution < 1.29 is 0 Å². The summed E-state index contributed by atoms with van der Waals surface area (Å²) in [7, 11) is 0. The maximum Gasteiger partial charge on any atom is 0.152 e. The summed E-state index contributed by atoms with van der Waals surface area (Å²) in [5.74, 6) is 0.986. The summed E-state index contributed by atoms with van der Waals surface area (Å²) < 4.78 is 0. The Morgan fingerprint density at radius 3 is 2.65 bits per heavy atom. The minimum atomic E-state index is 0.630. The van der Waals surface area contributed by atoms with Gasteiger partial charge in [-0.3, -0.25) is 0 Å². The van der Waals surface area contributed by atoms with Gasteiger partial charge in [-0.05, 0) is 38.8 Å². The molecule has 3 nitrogen and oxygen atoms in total. The number of aryl methyl sites for hydroxylation is 1. The summed E-state index contributed by atoms with van der Waals surface area (Å²) in [6.07, 6.45) is 6.62. The molecule has 0 unspecified atom stereocenters. The Bertz CT molecular complexity index is 370. The van der Waals surface area contributed by atoms with Crippen LogP contribution in [0.25, 0.3) is 0 Å². The van der Waals surface area contributed by atoms with E-state index in [2.05, 4.69) is 16.8 Å². The molecule has 17 heavy (non-hydrogen) atoms. The first kappa shape index (κ1) is 12.2. The number of pyridine rings is 1. The zero-order valence-electron chi connectivity index (χ0n) is 10.9. The van der Waals surface area contributed by atoms with Crippen LogP contribution in [0.5, 0.6) is 0 Å². The van der Waals surface area contributed by atoms with Crippen LogP contribution < -0.4 is 10.6 Å². The third-order valence-corrected chi connectivity index (χ3v) is 3.67. The molecule has 2 N–H and O–H groups in total. The van der Waals surface area contributed by atoms with E-state index in [9.17, 15) is 0 Å². The highest BCUT2D eigenvalue weighted by molar-refractivity contribution is 5.63. The highest BCUT2D eigenvalue weighted by Crippen LogP contribution is 2.29. The number of aromatic nitrogens is 1. The van der Waals surface area contributed by atoms with E-state index >= 15 is 0 Å². The van der Waals surface area contributed by atoms with Crippen molar-refractivity contribution >= 4 is 11.5 Å². The molecule has 1 fully saturated rings. The minimum Gasteiger partial charge on any atom is -0.396 e. The molecule has 2 rings (SSSR count). The largest absolute Gasteiger partial charge is 0.396 e. The molecule has 94 valence electrons. The van der Waals surface area contributed by atoms with E-state index in [1.165, 1.54) is 32.1 Å². The molecule has 3 heteroatoms. The third-order valence-electron chi connectivity index (χ3n) is 3.67. The van der Waals surface area contributed by atoms with Crippen molar-refractivity contribution in [3.63, 3.8) is 0 Å². The Labute approximate surface area is 104 Å². The zero-order chi connectivity index (χ0) is 12.3. The molecule has 0 spiro atoms. The predicted octanol–water partition coefficient (Wildman–Crippen LogP) is 3.13. The topological polar surface area (TPSA) is 42.2 Å². The summed E-state index contributed by atoms with van der Waals surface area (Å²) in [5.41, 5.74) is 7.92. The Hall–Kier alpha value is -1.25. The van der Waals surface area contributed by atoms with Gasteiger partial charge in [0.1, 0.15) is 0 Å². The Kier molecular flexibility index (Phi) is 3.87. The molecule has 0 atom stereocenters. The third kappa shape index (κ3) is 2.71. The SMILES string of the molecule is CCN(c1nc(C)ccc1N)C1CCCCC1. The van der Waals surface area contributed by atoms with Gasteiger partial charge in [0.25, 0.3) is 0 Å². The average molecular weight is 233 g/mol. The molecular formula is C14H23N3. The first-order valence-corrected chi connectivity index (χ1v) is 6.72. The number of nitrogens with two attached hydrogens (primary N) is 1. The fourth-order valence-corrected chi connectivity index (χ4v) is 2.76.